The molecule has 9 heteroatoms. The van der Waals surface area contributed by atoms with E-state index in [0.29, 0.717) is 5.75 Å². The largest absolute Gasteiger partial charge is 0.481 e. The van der Waals surface area contributed by atoms with Gasteiger partial charge < -0.3 is 4.74 Å². The van der Waals surface area contributed by atoms with Gasteiger partial charge in [0, 0.05) is 0 Å². The molecule has 0 aliphatic rings. The average molecular weight is 398 g/mol. The van der Waals surface area contributed by atoms with E-state index < -0.39 is 21.8 Å². The van der Waals surface area contributed by atoms with E-state index in [0.717, 1.165) is 22.5 Å². The first-order valence-electron chi connectivity index (χ1n) is 8.28. The number of aryl methyl sites for hydroxylation is 1. The molecule has 0 spiro atoms. The van der Waals surface area contributed by atoms with Gasteiger partial charge in [-0.25, -0.2) is 8.42 Å². The van der Waals surface area contributed by atoms with Crippen LogP contribution in [0.2, 0.25) is 0 Å². The number of hydrogen-bond donors (Lipinski definition) is 1. The molecular formula is C17H23N3O4S2. The molecule has 0 saturated heterocycles. The van der Waals surface area contributed by atoms with E-state index >= 15 is 0 Å². The second kappa shape index (κ2) is 8.13. The first kappa shape index (κ1) is 20.3. The van der Waals surface area contributed by atoms with Gasteiger partial charge >= 0.3 is 0 Å². The van der Waals surface area contributed by atoms with Crippen molar-refractivity contribution in [2.75, 3.05) is 11.1 Å². The molecule has 1 N–H and O–H groups in total. The molecule has 0 saturated carbocycles. The molecule has 0 unspecified atom stereocenters. The van der Waals surface area contributed by atoms with Gasteiger partial charge in [0.15, 0.2) is 6.10 Å². The molecule has 1 aromatic heterocycles. The number of carbonyl (C=O) groups is 1. The molecular weight excluding hydrogens is 374 g/mol. The van der Waals surface area contributed by atoms with Crippen LogP contribution >= 0.6 is 11.3 Å². The van der Waals surface area contributed by atoms with Gasteiger partial charge in [0.05, 0.1) is 5.75 Å². The zero-order chi connectivity index (χ0) is 19.5. The third-order valence-corrected chi connectivity index (χ3v) is 6.77. The molecule has 1 amide bonds. The molecule has 7 nitrogen and oxygen atoms in total. The van der Waals surface area contributed by atoms with Crippen LogP contribution in [0.3, 0.4) is 0 Å². The Morgan fingerprint density at radius 1 is 1.27 bits per heavy atom. The van der Waals surface area contributed by atoms with Crippen LogP contribution in [-0.4, -0.2) is 36.4 Å². The Kier molecular flexibility index (Phi) is 6.35. The van der Waals surface area contributed by atoms with Crippen LogP contribution in [0.1, 0.15) is 44.7 Å². The smallest absolute Gasteiger partial charge is 0.266 e. The van der Waals surface area contributed by atoms with Gasteiger partial charge in [0.2, 0.25) is 19.3 Å². The van der Waals surface area contributed by atoms with Gasteiger partial charge in [-0.05, 0) is 37.0 Å². The maximum Gasteiger partial charge on any atom is 0.266 e. The van der Waals surface area contributed by atoms with Gasteiger partial charge in [-0.2, -0.15) is 0 Å². The highest BCUT2D eigenvalue weighted by atomic mass is 32.2. The number of benzene rings is 1. The molecule has 1 aromatic carbocycles. The van der Waals surface area contributed by atoms with Crippen molar-refractivity contribution < 1.29 is 17.9 Å². The minimum Gasteiger partial charge on any atom is -0.481 e. The van der Waals surface area contributed by atoms with Crippen LogP contribution in [0, 0.1) is 6.92 Å². The summed E-state index contributed by atoms with van der Waals surface area (Å²) in [6, 6.07) is 5.90. The van der Waals surface area contributed by atoms with Crippen molar-refractivity contribution in [3.05, 3.63) is 29.3 Å². The number of anilines is 1. The van der Waals surface area contributed by atoms with Gasteiger partial charge in [-0.15, -0.1) is 10.2 Å². The molecule has 142 valence electrons. The highest BCUT2D eigenvalue weighted by Crippen LogP contribution is 2.28. The number of rotatable bonds is 7. The van der Waals surface area contributed by atoms with E-state index in [4.69, 9.17) is 4.74 Å². The molecule has 2 rings (SSSR count). The molecule has 1 heterocycles. The summed E-state index contributed by atoms with van der Waals surface area (Å²) in [4.78, 5) is 12.4. The highest BCUT2D eigenvalue weighted by molar-refractivity contribution is 7.93. The first-order valence-corrected chi connectivity index (χ1v) is 10.7. The lowest BCUT2D eigenvalue weighted by atomic mass is 10.0. The van der Waals surface area contributed by atoms with Crippen LogP contribution < -0.4 is 10.1 Å². The number of ether oxygens (including phenoxy) is 1. The average Bonchev–Trinajstić information content (AvgIpc) is 3.03. The number of sulfone groups is 1. The van der Waals surface area contributed by atoms with Crippen LogP contribution in [0.5, 0.6) is 5.75 Å². The SMILES string of the molecule is CCS(=O)(=O)c1nnc(NC(=O)[C@@H](C)Oc2cc(C)ccc2C(C)C)s1. The van der Waals surface area contributed by atoms with Crippen molar-refractivity contribution in [1.82, 2.24) is 10.2 Å². The fraction of sp³-hybridized carbons (Fsp3) is 0.471. The zero-order valence-corrected chi connectivity index (χ0v) is 17.1. The quantitative estimate of drug-likeness (QED) is 0.721. The van der Waals surface area contributed by atoms with E-state index in [-0.39, 0.29) is 21.1 Å². The lowest BCUT2D eigenvalue weighted by Crippen LogP contribution is -2.30. The van der Waals surface area contributed by atoms with Gasteiger partial charge in [-0.3, -0.25) is 10.1 Å². The zero-order valence-electron chi connectivity index (χ0n) is 15.4. The van der Waals surface area contributed by atoms with Crippen molar-refractivity contribution in [3.63, 3.8) is 0 Å². The van der Waals surface area contributed by atoms with E-state index in [2.05, 4.69) is 29.4 Å². The summed E-state index contributed by atoms with van der Waals surface area (Å²) in [6.07, 6.45) is -0.774. The molecule has 0 aliphatic heterocycles. The highest BCUT2D eigenvalue weighted by Gasteiger charge is 2.22. The Labute approximate surface area is 157 Å². The minimum absolute atomic E-state index is 0.0690. The van der Waals surface area contributed by atoms with Crippen LogP contribution in [-0.2, 0) is 14.6 Å². The number of hydrogen-bond acceptors (Lipinski definition) is 7. The summed E-state index contributed by atoms with van der Waals surface area (Å²) in [6.45, 7) is 9.22. The van der Waals surface area contributed by atoms with Crippen molar-refractivity contribution in [1.29, 1.82) is 0 Å². The Balaban J connectivity index is 2.11. The summed E-state index contributed by atoms with van der Waals surface area (Å²) < 4.78 is 29.3. The summed E-state index contributed by atoms with van der Waals surface area (Å²) >= 11 is 0.829. The summed E-state index contributed by atoms with van der Waals surface area (Å²) in [5, 5.41) is 10.0. The third kappa shape index (κ3) is 4.79. The lowest BCUT2D eigenvalue weighted by Gasteiger charge is -2.18. The number of nitrogens with one attached hydrogen (secondary N) is 1. The van der Waals surface area contributed by atoms with Crippen molar-refractivity contribution in [3.8, 4) is 5.75 Å². The Bertz CT molecular complexity index is 891. The molecule has 1 atom stereocenters. The molecule has 26 heavy (non-hydrogen) atoms. The number of aromatic nitrogens is 2. The molecule has 0 bridgehead atoms. The molecule has 0 fully saturated rings. The predicted molar refractivity (Wildman–Crippen MR) is 102 cm³/mol. The minimum atomic E-state index is -3.44. The van der Waals surface area contributed by atoms with E-state index in [9.17, 15) is 13.2 Å². The fourth-order valence-corrected chi connectivity index (χ4v) is 4.17. The van der Waals surface area contributed by atoms with Crippen molar-refractivity contribution in [2.45, 2.75) is 51.0 Å². The third-order valence-electron chi connectivity index (χ3n) is 3.75. The van der Waals surface area contributed by atoms with E-state index in [1.54, 1.807) is 6.92 Å². The monoisotopic (exact) mass is 397 g/mol. The normalized spacial score (nSPS) is 12.8. The van der Waals surface area contributed by atoms with E-state index in [1.807, 2.05) is 25.1 Å². The van der Waals surface area contributed by atoms with E-state index in [1.165, 1.54) is 6.92 Å². The number of carbonyl (C=O) groups excluding carboxylic acids is 1. The van der Waals surface area contributed by atoms with Gasteiger partial charge in [0.1, 0.15) is 5.75 Å². The van der Waals surface area contributed by atoms with Crippen LogP contribution in [0.25, 0.3) is 0 Å². The molecule has 0 aliphatic carbocycles. The number of nitrogens with zero attached hydrogens (tertiary/aromatic N) is 2. The van der Waals surface area contributed by atoms with Crippen molar-refractivity contribution in [2.24, 2.45) is 0 Å². The second-order valence-electron chi connectivity index (χ2n) is 6.22. The predicted octanol–water partition coefficient (Wildman–Crippen LogP) is 3.17. The van der Waals surface area contributed by atoms with Crippen LogP contribution in [0.15, 0.2) is 22.5 Å². The second-order valence-corrected chi connectivity index (χ2v) is 9.65. The Morgan fingerprint density at radius 2 is 1.96 bits per heavy atom. The summed E-state index contributed by atoms with van der Waals surface area (Å²) in [5.41, 5.74) is 2.05. The summed E-state index contributed by atoms with van der Waals surface area (Å²) in [7, 11) is -3.44. The Morgan fingerprint density at radius 3 is 2.58 bits per heavy atom. The fourth-order valence-electron chi connectivity index (χ4n) is 2.18. The van der Waals surface area contributed by atoms with Gasteiger partial charge in [-0.1, -0.05) is 44.2 Å². The topological polar surface area (TPSA) is 98.3 Å². The van der Waals surface area contributed by atoms with Gasteiger partial charge in [0.25, 0.3) is 5.91 Å². The maximum absolute atomic E-state index is 12.4. The summed E-state index contributed by atoms with van der Waals surface area (Å²) in [5.74, 6) is 0.429. The molecule has 0 radical (unpaired) electrons. The maximum atomic E-state index is 12.4. The first-order chi connectivity index (χ1) is 12.1. The van der Waals surface area contributed by atoms with Crippen LogP contribution in [0.4, 0.5) is 5.13 Å². The Hall–Kier alpha value is -2.00. The standard InChI is InChI=1S/C17H23N3O4S2/c1-6-26(22,23)17-20-19-16(25-17)18-15(21)12(5)24-14-9-11(4)7-8-13(14)10(2)3/h7-10,12H,6H2,1-5H3,(H,18,19,21)/t12-/m1/s1. The lowest BCUT2D eigenvalue weighted by molar-refractivity contribution is -0.122. The number of amides is 1. The molecule has 2 aromatic rings. The van der Waals surface area contributed by atoms with Crippen molar-refractivity contribution >= 4 is 32.2 Å².